The van der Waals surface area contributed by atoms with Crippen LogP contribution in [0.4, 0.5) is 0 Å². The molecule has 3 unspecified atom stereocenters. The van der Waals surface area contributed by atoms with Gasteiger partial charge in [0.05, 0.1) is 12.2 Å². The maximum Gasteiger partial charge on any atom is 0.259 e. The van der Waals surface area contributed by atoms with Crippen molar-refractivity contribution in [2.45, 2.75) is 18.5 Å². The highest BCUT2D eigenvalue weighted by Crippen LogP contribution is 2.34. The summed E-state index contributed by atoms with van der Waals surface area (Å²) in [5, 5.41) is 4.25. The summed E-state index contributed by atoms with van der Waals surface area (Å²) in [6, 6.07) is 12.8. The van der Waals surface area contributed by atoms with Crippen molar-refractivity contribution in [1.82, 2.24) is 30.3 Å². The van der Waals surface area contributed by atoms with Gasteiger partial charge in [-0.25, -0.2) is 14.9 Å². The lowest BCUT2D eigenvalue weighted by atomic mass is 9.85. The largest absolute Gasteiger partial charge is 0.338 e. The second kappa shape index (κ2) is 6.19. The van der Waals surface area contributed by atoms with Crippen LogP contribution < -0.4 is 10.9 Å². The molecular formula is C19H20N6O. The molecule has 2 aromatic heterocycles. The van der Waals surface area contributed by atoms with Crippen molar-refractivity contribution in [1.29, 1.82) is 0 Å². The van der Waals surface area contributed by atoms with Crippen LogP contribution in [0.5, 0.6) is 0 Å². The molecule has 3 atom stereocenters. The lowest BCUT2D eigenvalue weighted by Crippen LogP contribution is -2.47. The van der Waals surface area contributed by atoms with Crippen LogP contribution in [0.2, 0.25) is 0 Å². The minimum atomic E-state index is 0.0101. The number of piperidine rings is 1. The van der Waals surface area contributed by atoms with Gasteiger partial charge in [0, 0.05) is 37.4 Å². The maximum atomic E-state index is 13.1. The minimum absolute atomic E-state index is 0.0101. The zero-order valence-electron chi connectivity index (χ0n) is 14.2. The Morgan fingerprint density at radius 3 is 2.92 bits per heavy atom. The number of fused-ring (bicyclic) bond motifs is 2. The van der Waals surface area contributed by atoms with Crippen LogP contribution in [0.1, 0.15) is 28.4 Å². The minimum Gasteiger partial charge on any atom is -0.338 e. The SMILES string of the molecule is O=C(c1cnn2cccnc12)N1CCC2NNC(c3ccccc3)C2C1. The fourth-order valence-electron chi connectivity index (χ4n) is 4.13. The van der Waals surface area contributed by atoms with Gasteiger partial charge in [0.15, 0.2) is 5.65 Å². The summed E-state index contributed by atoms with van der Waals surface area (Å²) in [4.78, 5) is 19.4. The van der Waals surface area contributed by atoms with E-state index in [2.05, 4.69) is 45.2 Å². The molecule has 2 N–H and O–H groups in total. The molecule has 5 rings (SSSR count). The molecule has 2 aliphatic heterocycles. The molecule has 7 heteroatoms. The Balaban J connectivity index is 1.40. The normalized spacial score (nSPS) is 25.4. The van der Waals surface area contributed by atoms with Crippen LogP contribution >= 0.6 is 0 Å². The van der Waals surface area contributed by atoms with Gasteiger partial charge >= 0.3 is 0 Å². The van der Waals surface area contributed by atoms with Crippen molar-refractivity contribution in [2.75, 3.05) is 13.1 Å². The molecule has 1 amide bonds. The van der Waals surface area contributed by atoms with E-state index in [1.54, 1.807) is 23.0 Å². The van der Waals surface area contributed by atoms with Crippen LogP contribution in [0, 0.1) is 5.92 Å². The number of nitrogens with one attached hydrogen (secondary N) is 2. The van der Waals surface area contributed by atoms with Crippen LogP contribution in [0.15, 0.2) is 55.0 Å². The van der Waals surface area contributed by atoms with Gasteiger partial charge in [0.25, 0.3) is 5.91 Å². The first-order chi connectivity index (χ1) is 12.8. The van der Waals surface area contributed by atoms with E-state index >= 15 is 0 Å². The Bertz CT molecular complexity index is 939. The highest BCUT2D eigenvalue weighted by Gasteiger charge is 2.41. The first-order valence-electron chi connectivity index (χ1n) is 8.95. The molecule has 0 radical (unpaired) electrons. The number of hydrogen-bond donors (Lipinski definition) is 2. The van der Waals surface area contributed by atoms with Crippen molar-refractivity contribution >= 4 is 11.6 Å². The average Bonchev–Trinajstić information content (AvgIpc) is 3.32. The third kappa shape index (κ3) is 2.48. The fraction of sp³-hybridized carbons (Fsp3) is 0.316. The van der Waals surface area contributed by atoms with Gasteiger partial charge in [-0.3, -0.25) is 10.2 Å². The number of hydrazine groups is 1. The van der Waals surface area contributed by atoms with Crippen LogP contribution in [0.3, 0.4) is 0 Å². The van der Waals surface area contributed by atoms with Crippen molar-refractivity contribution in [3.63, 3.8) is 0 Å². The van der Waals surface area contributed by atoms with E-state index in [-0.39, 0.29) is 11.9 Å². The summed E-state index contributed by atoms with van der Waals surface area (Å²) in [6.45, 7) is 1.45. The van der Waals surface area contributed by atoms with Gasteiger partial charge in [-0.15, -0.1) is 0 Å². The molecule has 2 fully saturated rings. The monoisotopic (exact) mass is 348 g/mol. The molecule has 2 saturated heterocycles. The van der Waals surface area contributed by atoms with Crippen molar-refractivity contribution in [3.8, 4) is 0 Å². The summed E-state index contributed by atoms with van der Waals surface area (Å²) in [5.74, 6) is 0.348. The number of rotatable bonds is 2. The molecule has 7 nitrogen and oxygen atoms in total. The van der Waals surface area contributed by atoms with E-state index in [0.29, 0.717) is 29.7 Å². The fourth-order valence-corrected chi connectivity index (χ4v) is 4.13. The molecule has 132 valence electrons. The van der Waals surface area contributed by atoms with E-state index in [1.165, 1.54) is 5.56 Å². The highest BCUT2D eigenvalue weighted by molar-refractivity contribution is 5.99. The number of benzene rings is 1. The van der Waals surface area contributed by atoms with Crippen molar-refractivity contribution in [2.24, 2.45) is 5.92 Å². The van der Waals surface area contributed by atoms with Crippen LogP contribution in [0.25, 0.3) is 5.65 Å². The van der Waals surface area contributed by atoms with Gasteiger partial charge in [-0.2, -0.15) is 5.10 Å². The lowest BCUT2D eigenvalue weighted by molar-refractivity contribution is 0.0654. The molecular weight excluding hydrogens is 328 g/mol. The lowest BCUT2D eigenvalue weighted by Gasteiger charge is -2.36. The summed E-state index contributed by atoms with van der Waals surface area (Å²) in [7, 11) is 0. The van der Waals surface area contributed by atoms with Crippen LogP contribution in [-0.2, 0) is 0 Å². The molecule has 26 heavy (non-hydrogen) atoms. The number of carbonyl (C=O) groups excluding carboxylic acids is 1. The Hall–Kier alpha value is -2.77. The Labute approximate surface area is 151 Å². The number of hydrogen-bond acceptors (Lipinski definition) is 5. The number of amides is 1. The standard InChI is InChI=1S/C19H20N6O/c26-19(14-11-21-25-9-4-8-20-18(14)25)24-10-7-16-15(12-24)17(23-22-16)13-5-2-1-3-6-13/h1-6,8-9,11,15-17,22-23H,7,10,12H2. The smallest absolute Gasteiger partial charge is 0.259 e. The topological polar surface area (TPSA) is 74.6 Å². The van der Waals surface area contributed by atoms with Gasteiger partial charge < -0.3 is 4.90 Å². The van der Waals surface area contributed by atoms with E-state index < -0.39 is 0 Å². The zero-order valence-corrected chi connectivity index (χ0v) is 14.2. The Kier molecular flexibility index (Phi) is 3.69. The molecule has 0 aliphatic carbocycles. The van der Waals surface area contributed by atoms with Gasteiger partial charge in [-0.1, -0.05) is 30.3 Å². The summed E-state index contributed by atoms with van der Waals surface area (Å²) in [6.07, 6.45) is 6.05. The second-order valence-electron chi connectivity index (χ2n) is 6.93. The zero-order chi connectivity index (χ0) is 17.5. The summed E-state index contributed by atoms with van der Waals surface area (Å²) >= 11 is 0. The molecule has 0 bridgehead atoms. The predicted molar refractivity (Wildman–Crippen MR) is 96.2 cm³/mol. The van der Waals surface area contributed by atoms with Crippen molar-refractivity contribution in [3.05, 3.63) is 66.1 Å². The number of aromatic nitrogens is 3. The molecule has 1 aromatic carbocycles. The molecule has 0 spiro atoms. The number of nitrogens with zero attached hydrogens (tertiary/aromatic N) is 4. The molecule has 2 aliphatic rings. The summed E-state index contributed by atoms with van der Waals surface area (Å²) in [5.41, 5.74) is 9.27. The predicted octanol–water partition coefficient (Wildman–Crippen LogP) is 1.41. The van der Waals surface area contributed by atoms with Gasteiger partial charge in [-0.05, 0) is 18.1 Å². The van der Waals surface area contributed by atoms with Gasteiger partial charge in [0.1, 0.15) is 5.56 Å². The molecule has 3 aromatic rings. The van der Waals surface area contributed by atoms with E-state index in [9.17, 15) is 4.79 Å². The third-order valence-electron chi connectivity index (χ3n) is 5.47. The first-order valence-corrected chi connectivity index (χ1v) is 8.95. The highest BCUT2D eigenvalue weighted by atomic mass is 16.2. The second-order valence-corrected chi connectivity index (χ2v) is 6.93. The number of carbonyl (C=O) groups is 1. The third-order valence-corrected chi connectivity index (χ3v) is 5.47. The van der Waals surface area contributed by atoms with E-state index in [0.717, 1.165) is 13.0 Å². The molecule has 0 saturated carbocycles. The Morgan fingerprint density at radius 2 is 2.04 bits per heavy atom. The summed E-state index contributed by atoms with van der Waals surface area (Å²) < 4.78 is 1.64. The Morgan fingerprint density at radius 1 is 1.15 bits per heavy atom. The van der Waals surface area contributed by atoms with Crippen molar-refractivity contribution < 1.29 is 4.79 Å². The maximum absolute atomic E-state index is 13.1. The quantitative estimate of drug-likeness (QED) is 0.732. The average molecular weight is 348 g/mol. The van der Waals surface area contributed by atoms with Gasteiger partial charge in [0.2, 0.25) is 0 Å². The number of likely N-dealkylation sites (tertiary alicyclic amines) is 1. The molecule has 4 heterocycles. The van der Waals surface area contributed by atoms with Crippen LogP contribution in [-0.4, -0.2) is 44.5 Å². The first kappa shape index (κ1) is 15.5. The van der Waals surface area contributed by atoms with E-state index in [4.69, 9.17) is 0 Å². The van der Waals surface area contributed by atoms with E-state index in [1.807, 2.05) is 17.2 Å².